The first-order valence-corrected chi connectivity index (χ1v) is 10.3. The monoisotopic (exact) mass is 445 g/mol. The van der Waals surface area contributed by atoms with Crippen molar-refractivity contribution in [2.75, 3.05) is 0 Å². The second-order valence-corrected chi connectivity index (χ2v) is 7.90. The number of halogens is 3. The zero-order valence-electron chi connectivity index (χ0n) is 18.2. The van der Waals surface area contributed by atoms with Gasteiger partial charge in [-0.05, 0) is 38.0 Å². The Hall–Kier alpha value is -3.13. The molecule has 0 aliphatic carbocycles. The summed E-state index contributed by atoms with van der Waals surface area (Å²) >= 11 is 0. The number of rotatable bonds is 8. The van der Waals surface area contributed by atoms with Gasteiger partial charge in [0.1, 0.15) is 6.26 Å². The van der Waals surface area contributed by atoms with E-state index in [0.29, 0.717) is 0 Å². The fourth-order valence-electron chi connectivity index (χ4n) is 3.42. The molecule has 3 rings (SSSR count). The van der Waals surface area contributed by atoms with Gasteiger partial charge in [0.05, 0.1) is 12.1 Å². The summed E-state index contributed by atoms with van der Waals surface area (Å²) in [5, 5.41) is 2.74. The number of nitrogens with one attached hydrogen (secondary N) is 1. The van der Waals surface area contributed by atoms with Crippen LogP contribution in [-0.2, 0) is 19.3 Å². The Bertz CT molecular complexity index is 1030. The minimum absolute atomic E-state index is 0.0294. The highest BCUT2D eigenvalue weighted by Gasteiger charge is 2.34. The van der Waals surface area contributed by atoms with Gasteiger partial charge in [-0.1, -0.05) is 48.5 Å². The fraction of sp³-hybridized carbons (Fsp3) is 0.333. The number of carbonyl (C=O) groups is 1. The van der Waals surface area contributed by atoms with Crippen molar-refractivity contribution in [3.8, 4) is 0 Å². The van der Waals surface area contributed by atoms with Crippen LogP contribution in [-0.4, -0.2) is 21.8 Å². The van der Waals surface area contributed by atoms with Crippen molar-refractivity contribution < 1.29 is 22.4 Å². The number of oxazole rings is 1. The molecule has 0 aliphatic heterocycles. The molecule has 3 aromatic rings. The molecular weight excluding hydrogens is 419 g/mol. The molecular formula is C24H26F3N3O2. The van der Waals surface area contributed by atoms with E-state index in [1.807, 2.05) is 56.0 Å². The number of amides is 1. The molecule has 0 bridgehead atoms. The summed E-state index contributed by atoms with van der Waals surface area (Å²) < 4.78 is 46.1. The van der Waals surface area contributed by atoms with Crippen molar-refractivity contribution in [3.63, 3.8) is 0 Å². The Morgan fingerprint density at radius 1 is 1.03 bits per heavy atom. The van der Waals surface area contributed by atoms with Crippen molar-refractivity contribution in [3.05, 3.63) is 89.1 Å². The van der Waals surface area contributed by atoms with Crippen molar-refractivity contribution in [2.24, 2.45) is 0 Å². The van der Waals surface area contributed by atoms with Gasteiger partial charge < -0.3 is 9.73 Å². The Kier molecular flexibility index (Phi) is 7.35. The Balaban J connectivity index is 1.89. The molecule has 170 valence electrons. The van der Waals surface area contributed by atoms with Gasteiger partial charge in [-0.2, -0.15) is 13.2 Å². The molecule has 32 heavy (non-hydrogen) atoms. The second-order valence-electron chi connectivity index (χ2n) is 7.90. The molecule has 0 saturated heterocycles. The van der Waals surface area contributed by atoms with Crippen LogP contribution in [0.4, 0.5) is 13.2 Å². The molecule has 5 nitrogen and oxygen atoms in total. The number of hydrogen-bond acceptors (Lipinski definition) is 4. The molecule has 1 heterocycles. The summed E-state index contributed by atoms with van der Waals surface area (Å²) in [6.45, 7) is 5.75. The van der Waals surface area contributed by atoms with Crippen LogP contribution in [0.25, 0.3) is 0 Å². The summed E-state index contributed by atoms with van der Waals surface area (Å²) in [7, 11) is 0. The van der Waals surface area contributed by atoms with E-state index >= 15 is 0 Å². The summed E-state index contributed by atoms with van der Waals surface area (Å²) in [5.74, 6) is -0.105. The van der Waals surface area contributed by atoms with Crippen molar-refractivity contribution in [2.45, 2.75) is 52.1 Å². The number of alkyl halides is 3. The molecule has 1 N–H and O–H groups in total. The first kappa shape index (κ1) is 23.5. The highest BCUT2D eigenvalue weighted by atomic mass is 19.4. The lowest BCUT2D eigenvalue weighted by Gasteiger charge is -2.29. The maximum absolute atomic E-state index is 13.6. The zero-order valence-corrected chi connectivity index (χ0v) is 18.2. The van der Waals surface area contributed by atoms with Gasteiger partial charge in [0.2, 0.25) is 5.89 Å². The SMILES string of the molecule is CC(C)NC(=O)c1coc(CN(Cc2ccccc2C(F)(F)F)C(C)c2ccccc2)n1. The number of nitrogens with zero attached hydrogens (tertiary/aromatic N) is 2. The summed E-state index contributed by atoms with van der Waals surface area (Å²) in [5.41, 5.74) is 0.569. The molecule has 0 spiro atoms. The zero-order chi connectivity index (χ0) is 23.3. The summed E-state index contributed by atoms with van der Waals surface area (Å²) in [4.78, 5) is 18.3. The number of aromatic nitrogens is 1. The Morgan fingerprint density at radius 3 is 2.34 bits per heavy atom. The van der Waals surface area contributed by atoms with Crippen molar-refractivity contribution in [1.82, 2.24) is 15.2 Å². The molecule has 1 aromatic heterocycles. The van der Waals surface area contributed by atoms with Crippen LogP contribution in [0.3, 0.4) is 0 Å². The van der Waals surface area contributed by atoms with E-state index in [9.17, 15) is 18.0 Å². The van der Waals surface area contributed by atoms with Crippen LogP contribution in [0.5, 0.6) is 0 Å². The Morgan fingerprint density at radius 2 is 1.69 bits per heavy atom. The lowest BCUT2D eigenvalue weighted by Crippen LogP contribution is -2.30. The highest BCUT2D eigenvalue weighted by molar-refractivity contribution is 5.92. The molecule has 1 amide bonds. The predicted octanol–water partition coefficient (Wildman–Crippen LogP) is 5.60. The molecule has 0 radical (unpaired) electrons. The van der Waals surface area contributed by atoms with Crippen LogP contribution in [0, 0.1) is 0 Å². The quantitative estimate of drug-likeness (QED) is 0.491. The van der Waals surface area contributed by atoms with Crippen LogP contribution in [0.15, 0.2) is 65.3 Å². The van der Waals surface area contributed by atoms with Gasteiger partial charge in [-0.15, -0.1) is 0 Å². The molecule has 1 unspecified atom stereocenters. The standard InChI is InChI=1S/C24H26F3N3O2/c1-16(2)28-23(31)21-15-32-22(29-21)14-30(17(3)18-9-5-4-6-10-18)13-19-11-7-8-12-20(19)24(25,26)27/h4-12,15-17H,13-14H2,1-3H3,(H,28,31). The third-order valence-electron chi connectivity index (χ3n) is 5.07. The molecule has 8 heteroatoms. The van der Waals surface area contributed by atoms with Gasteiger partial charge >= 0.3 is 6.18 Å². The third kappa shape index (κ3) is 5.97. The largest absolute Gasteiger partial charge is 0.447 e. The Labute approximate surface area is 185 Å². The minimum atomic E-state index is -4.46. The first-order chi connectivity index (χ1) is 15.1. The van der Waals surface area contributed by atoms with Crippen LogP contribution in [0.1, 0.15) is 59.9 Å². The maximum atomic E-state index is 13.6. The van der Waals surface area contributed by atoms with Crippen LogP contribution < -0.4 is 5.32 Å². The van der Waals surface area contributed by atoms with E-state index in [4.69, 9.17) is 4.42 Å². The average Bonchev–Trinajstić information content (AvgIpc) is 3.21. The van der Waals surface area contributed by atoms with Gasteiger partial charge in [-0.25, -0.2) is 4.98 Å². The topological polar surface area (TPSA) is 58.4 Å². The summed E-state index contributed by atoms with van der Waals surface area (Å²) in [6.07, 6.45) is -3.19. The van der Waals surface area contributed by atoms with E-state index in [1.54, 1.807) is 6.07 Å². The van der Waals surface area contributed by atoms with E-state index in [-0.39, 0.29) is 48.2 Å². The van der Waals surface area contributed by atoms with Gasteiger partial charge in [0, 0.05) is 18.6 Å². The predicted molar refractivity (Wildman–Crippen MR) is 115 cm³/mol. The smallest absolute Gasteiger partial charge is 0.416 e. The van der Waals surface area contributed by atoms with E-state index in [0.717, 1.165) is 11.6 Å². The van der Waals surface area contributed by atoms with E-state index in [1.165, 1.54) is 18.4 Å². The maximum Gasteiger partial charge on any atom is 0.416 e. The highest BCUT2D eigenvalue weighted by Crippen LogP contribution is 2.34. The minimum Gasteiger partial charge on any atom is -0.447 e. The first-order valence-electron chi connectivity index (χ1n) is 10.3. The van der Waals surface area contributed by atoms with Gasteiger partial charge in [-0.3, -0.25) is 9.69 Å². The normalized spacial score (nSPS) is 12.9. The molecule has 0 fully saturated rings. The van der Waals surface area contributed by atoms with E-state index < -0.39 is 11.7 Å². The van der Waals surface area contributed by atoms with Crippen molar-refractivity contribution >= 4 is 5.91 Å². The molecule has 0 saturated carbocycles. The third-order valence-corrected chi connectivity index (χ3v) is 5.07. The van der Waals surface area contributed by atoms with Gasteiger partial charge in [0.25, 0.3) is 5.91 Å². The second kappa shape index (κ2) is 9.99. The van der Waals surface area contributed by atoms with Crippen LogP contribution >= 0.6 is 0 Å². The summed E-state index contributed by atoms with van der Waals surface area (Å²) in [6, 6.07) is 14.7. The van der Waals surface area contributed by atoms with Crippen LogP contribution in [0.2, 0.25) is 0 Å². The van der Waals surface area contributed by atoms with Crippen molar-refractivity contribution in [1.29, 1.82) is 0 Å². The number of hydrogen-bond donors (Lipinski definition) is 1. The lowest BCUT2D eigenvalue weighted by atomic mass is 10.0. The van der Waals surface area contributed by atoms with E-state index in [2.05, 4.69) is 10.3 Å². The molecule has 1 atom stereocenters. The molecule has 0 aliphatic rings. The number of benzene rings is 2. The molecule has 2 aromatic carbocycles. The average molecular weight is 445 g/mol. The van der Waals surface area contributed by atoms with Gasteiger partial charge in [0.15, 0.2) is 5.69 Å². The number of carbonyl (C=O) groups excluding carboxylic acids is 1. The lowest BCUT2D eigenvalue weighted by molar-refractivity contribution is -0.138. The fourth-order valence-corrected chi connectivity index (χ4v) is 3.42.